The van der Waals surface area contributed by atoms with Crippen molar-refractivity contribution < 1.29 is 43.6 Å². The zero-order chi connectivity index (χ0) is 35.3. The number of aliphatic carboxylic acids is 2. The Kier molecular flexibility index (Phi) is 11.4. The maximum atomic E-state index is 13.5. The van der Waals surface area contributed by atoms with Gasteiger partial charge in [0.05, 0.1) is 11.3 Å². The number of aromatic nitrogens is 3. The van der Waals surface area contributed by atoms with E-state index in [4.69, 9.17) is 33.6 Å². The second-order valence-electron chi connectivity index (χ2n) is 11.1. The predicted molar refractivity (Wildman–Crippen MR) is 177 cm³/mol. The number of halogens is 1. The summed E-state index contributed by atoms with van der Waals surface area (Å²) in [5.41, 5.74) is 15.2. The molecule has 1 saturated heterocycles. The Labute approximate surface area is 286 Å². The summed E-state index contributed by atoms with van der Waals surface area (Å²) in [6.45, 7) is 3.06. The molecule has 2 aliphatic rings. The van der Waals surface area contributed by atoms with E-state index in [0.29, 0.717) is 24.2 Å². The molecule has 20 heteroatoms. The van der Waals surface area contributed by atoms with E-state index in [2.05, 4.69) is 20.4 Å². The lowest BCUT2D eigenvalue weighted by atomic mass is 9.89. The molecule has 2 aliphatic heterocycles. The Bertz CT molecular complexity index is 1740. The molecule has 17 nitrogen and oxygen atoms in total. The SMILES string of the molecule is CC(C)(O/N=C(\C(=O)C[C@@H]1C(=O)N2C(C(=O)O)=C(/C=C/C[n+]3cnc(N)c(NC(=O)CCCN)c3)CSC12)c1nc(N)sc1Cl)C(=O)O. The number of nitrogen functional groups attached to an aromatic ring is 2. The number of oxime groups is 1. The fourth-order valence-corrected chi connectivity index (χ4v) is 6.86. The van der Waals surface area contributed by atoms with Crippen LogP contribution >= 0.6 is 34.7 Å². The number of carbonyl (C=O) groups excluding carboxylic acids is 3. The maximum absolute atomic E-state index is 13.5. The van der Waals surface area contributed by atoms with E-state index in [1.807, 2.05) is 0 Å². The van der Waals surface area contributed by atoms with Crippen LogP contribution < -0.4 is 27.1 Å². The van der Waals surface area contributed by atoms with Crippen LogP contribution in [0.1, 0.15) is 38.8 Å². The van der Waals surface area contributed by atoms with Crippen molar-refractivity contribution in [3.63, 3.8) is 0 Å². The topological polar surface area (TPSA) is 270 Å². The van der Waals surface area contributed by atoms with Crippen LogP contribution in [0.5, 0.6) is 0 Å². The Morgan fingerprint density at radius 2 is 2.02 bits per heavy atom. The summed E-state index contributed by atoms with van der Waals surface area (Å²) < 4.78 is 1.64. The van der Waals surface area contributed by atoms with Crippen molar-refractivity contribution in [1.29, 1.82) is 0 Å². The van der Waals surface area contributed by atoms with Crippen LogP contribution in [0.25, 0.3) is 0 Å². The first-order valence-electron chi connectivity index (χ1n) is 14.3. The predicted octanol–water partition coefficient (Wildman–Crippen LogP) is 0.990. The summed E-state index contributed by atoms with van der Waals surface area (Å²) in [4.78, 5) is 77.1. The molecule has 2 aromatic rings. The molecule has 48 heavy (non-hydrogen) atoms. The molecule has 0 bridgehead atoms. The minimum atomic E-state index is -1.81. The van der Waals surface area contributed by atoms with Crippen molar-refractivity contribution in [2.75, 3.05) is 29.1 Å². The molecular weight excluding hydrogens is 690 g/mol. The number of carboxylic acid groups (broad SMARTS) is 2. The van der Waals surface area contributed by atoms with Gasteiger partial charge in [-0.3, -0.25) is 19.3 Å². The van der Waals surface area contributed by atoms with Gasteiger partial charge in [-0.1, -0.05) is 34.2 Å². The first kappa shape index (κ1) is 36.2. The number of nitrogens with one attached hydrogen (secondary N) is 1. The number of amides is 2. The molecule has 0 radical (unpaired) electrons. The third kappa shape index (κ3) is 8.09. The molecule has 2 amide bonds. The van der Waals surface area contributed by atoms with Gasteiger partial charge >= 0.3 is 11.9 Å². The molecule has 4 heterocycles. The molecule has 256 valence electrons. The van der Waals surface area contributed by atoms with E-state index in [0.717, 1.165) is 16.2 Å². The van der Waals surface area contributed by atoms with Crippen LogP contribution in [-0.4, -0.2) is 83.6 Å². The normalized spacial score (nSPS) is 18.0. The average molecular weight is 723 g/mol. The summed E-state index contributed by atoms with van der Waals surface area (Å²) in [5.74, 6) is -4.82. The van der Waals surface area contributed by atoms with Gasteiger partial charge in [-0.05, 0) is 43.4 Å². The zero-order valence-electron chi connectivity index (χ0n) is 25.7. The molecule has 1 fully saturated rings. The van der Waals surface area contributed by atoms with Crippen LogP contribution in [0.15, 0.2) is 41.1 Å². The molecule has 9 N–H and O–H groups in total. The van der Waals surface area contributed by atoms with Gasteiger partial charge in [-0.15, -0.1) is 11.8 Å². The molecule has 1 unspecified atom stereocenters. The van der Waals surface area contributed by atoms with E-state index in [1.165, 1.54) is 31.9 Å². The summed E-state index contributed by atoms with van der Waals surface area (Å²) in [7, 11) is 0. The summed E-state index contributed by atoms with van der Waals surface area (Å²) in [6, 6.07) is 0. The molecular formula is C28H33ClN9O8S2+. The highest BCUT2D eigenvalue weighted by Gasteiger charge is 2.54. The first-order valence-corrected chi connectivity index (χ1v) is 16.6. The lowest BCUT2D eigenvalue weighted by Crippen LogP contribution is -2.62. The third-order valence-electron chi connectivity index (χ3n) is 7.12. The van der Waals surface area contributed by atoms with Crippen molar-refractivity contribution >= 4 is 86.6 Å². The number of Topliss-reactive ketones (excluding diaryl/α,β-unsaturated/α-hetero) is 1. The number of hydrogen-bond acceptors (Lipinski definition) is 14. The van der Waals surface area contributed by atoms with E-state index in [9.17, 15) is 34.2 Å². The Balaban J connectivity index is 1.49. The Morgan fingerprint density at radius 3 is 2.65 bits per heavy atom. The largest absolute Gasteiger partial charge is 0.478 e. The number of anilines is 3. The van der Waals surface area contributed by atoms with Crippen LogP contribution in [0.2, 0.25) is 4.34 Å². The number of fused-ring (bicyclic) bond motifs is 1. The molecule has 0 saturated carbocycles. The van der Waals surface area contributed by atoms with Gasteiger partial charge in [0.15, 0.2) is 22.3 Å². The fraction of sp³-hybridized carbons (Fsp3) is 0.393. The third-order valence-corrected chi connectivity index (χ3v) is 9.56. The molecule has 0 aromatic carbocycles. The van der Waals surface area contributed by atoms with E-state index < -0.39 is 52.7 Å². The number of hydrogen-bond donors (Lipinski definition) is 6. The van der Waals surface area contributed by atoms with Crippen LogP contribution in [0.4, 0.5) is 16.6 Å². The van der Waals surface area contributed by atoms with Gasteiger partial charge in [0, 0.05) is 18.6 Å². The standard InChI is InChI=1S/C28H32ClN9O8S2/c1-28(2,26(44)45)46-36-18(19-21(29)48-27(32)35-19)16(39)9-14-23(41)38-20(25(42)43)13(11-47-24(14)38)5-4-8-37-10-15(22(31)33-12-37)34-17(40)6-3-7-30/h4-5,10,12,14,24,31H,3,6-9,11,30H2,1-2H3,(H5,32,34,35,40,42,43,44,45)/p+1/b5-4+,36-18+/t14-,24?/m1/s1. The van der Waals surface area contributed by atoms with Crippen LogP contribution in [0, 0.1) is 5.92 Å². The highest BCUT2D eigenvalue weighted by molar-refractivity contribution is 8.00. The second kappa shape index (κ2) is 15.1. The van der Waals surface area contributed by atoms with Gasteiger partial charge in [0.25, 0.3) is 12.1 Å². The van der Waals surface area contributed by atoms with Crippen molar-refractivity contribution in [2.24, 2.45) is 16.8 Å². The van der Waals surface area contributed by atoms with Crippen molar-refractivity contribution in [2.45, 2.75) is 50.6 Å². The summed E-state index contributed by atoms with van der Waals surface area (Å²) in [6.07, 6.45) is 6.63. The molecule has 2 atom stereocenters. The van der Waals surface area contributed by atoms with Crippen molar-refractivity contribution in [1.82, 2.24) is 14.9 Å². The second-order valence-corrected chi connectivity index (χ2v) is 13.8. The smallest absolute Gasteiger partial charge is 0.352 e. The zero-order valence-corrected chi connectivity index (χ0v) is 28.1. The van der Waals surface area contributed by atoms with Gasteiger partial charge in [-0.25, -0.2) is 19.1 Å². The maximum Gasteiger partial charge on any atom is 0.352 e. The van der Waals surface area contributed by atoms with Gasteiger partial charge < -0.3 is 37.6 Å². The van der Waals surface area contributed by atoms with Gasteiger partial charge in [0.1, 0.15) is 28.5 Å². The van der Waals surface area contributed by atoms with Crippen LogP contribution in [-0.2, 0) is 35.4 Å². The minimum Gasteiger partial charge on any atom is -0.478 e. The Hall–Kier alpha value is -4.59. The number of nitrogens with two attached hydrogens (primary N) is 3. The van der Waals surface area contributed by atoms with E-state index in [-0.39, 0.29) is 51.3 Å². The number of carboxylic acids is 2. The monoisotopic (exact) mass is 722 g/mol. The number of ketones is 1. The number of β-lactam (4-membered cyclic amide) rings is 1. The van der Waals surface area contributed by atoms with Gasteiger partial charge in [0.2, 0.25) is 17.4 Å². The Morgan fingerprint density at radius 1 is 1.29 bits per heavy atom. The lowest BCUT2D eigenvalue weighted by molar-refractivity contribution is -0.689. The number of nitrogens with zero attached hydrogens (tertiary/aromatic N) is 5. The van der Waals surface area contributed by atoms with Gasteiger partial charge in [-0.2, -0.15) is 0 Å². The quantitative estimate of drug-likeness (QED) is 0.0648. The highest BCUT2D eigenvalue weighted by atomic mass is 35.5. The number of thiazole rings is 1. The minimum absolute atomic E-state index is 0.00821. The average Bonchev–Trinajstić information content (AvgIpc) is 3.36. The number of thioether (sulfide) groups is 1. The number of carbonyl (C=O) groups is 5. The van der Waals surface area contributed by atoms with Crippen LogP contribution in [0.3, 0.4) is 0 Å². The molecule has 4 rings (SSSR count). The van der Waals surface area contributed by atoms with E-state index in [1.54, 1.807) is 22.9 Å². The first-order chi connectivity index (χ1) is 22.6. The fourth-order valence-electron chi connectivity index (χ4n) is 4.55. The molecule has 2 aromatic heterocycles. The summed E-state index contributed by atoms with van der Waals surface area (Å²) >= 11 is 8.35. The van der Waals surface area contributed by atoms with Crippen molar-refractivity contribution in [3.8, 4) is 0 Å². The number of allylic oxidation sites excluding steroid dienone is 2. The highest BCUT2D eigenvalue weighted by Crippen LogP contribution is 2.45. The van der Waals surface area contributed by atoms with Crippen molar-refractivity contribution in [3.05, 3.63) is 46.0 Å². The molecule has 0 spiro atoms. The van der Waals surface area contributed by atoms with E-state index >= 15 is 0 Å². The number of rotatable bonds is 15. The lowest BCUT2D eigenvalue weighted by Gasteiger charge is -2.49. The molecule has 0 aliphatic carbocycles. The summed E-state index contributed by atoms with van der Waals surface area (Å²) in [5, 5.41) is 25.2.